The van der Waals surface area contributed by atoms with Gasteiger partial charge in [-0.15, -0.1) is 0 Å². The van der Waals surface area contributed by atoms with Crippen molar-refractivity contribution >= 4 is 55.7 Å². The second-order valence-corrected chi connectivity index (χ2v) is 8.88. The number of halogens is 1. The number of fused-ring (bicyclic) bond motifs is 1. The minimum absolute atomic E-state index is 0.00383. The quantitative estimate of drug-likeness (QED) is 0.255. The minimum atomic E-state index is -0.860. The fourth-order valence-corrected chi connectivity index (χ4v) is 5.01. The number of carbonyl (C=O) groups excluding carboxylic acids is 2. The van der Waals surface area contributed by atoms with Gasteiger partial charge in [0.15, 0.2) is 5.13 Å². The number of anilines is 1. The molecule has 0 bridgehead atoms. The van der Waals surface area contributed by atoms with Gasteiger partial charge in [-0.25, -0.2) is 4.98 Å². The van der Waals surface area contributed by atoms with Gasteiger partial charge < -0.3 is 5.11 Å². The van der Waals surface area contributed by atoms with Gasteiger partial charge in [-0.05, 0) is 36.8 Å². The Morgan fingerprint density at radius 1 is 1.12 bits per heavy atom. The molecule has 8 heteroatoms. The largest absolute Gasteiger partial charge is 0.507 e. The van der Waals surface area contributed by atoms with Gasteiger partial charge in [0.05, 0.1) is 21.8 Å². The summed E-state index contributed by atoms with van der Waals surface area (Å²) in [4.78, 5) is 36.4. The first kappa shape index (κ1) is 20.4. The lowest BCUT2D eigenvalue weighted by Gasteiger charge is -2.22. The van der Waals surface area contributed by atoms with Crippen molar-refractivity contribution in [2.75, 3.05) is 4.90 Å². The van der Waals surface area contributed by atoms with Gasteiger partial charge in [0.1, 0.15) is 5.76 Å². The maximum Gasteiger partial charge on any atom is 0.301 e. The Morgan fingerprint density at radius 3 is 2.62 bits per heavy atom. The van der Waals surface area contributed by atoms with Gasteiger partial charge in [0.2, 0.25) is 0 Å². The third-order valence-electron chi connectivity index (χ3n) is 5.31. The molecule has 1 saturated heterocycles. The average Bonchev–Trinajstić information content (AvgIpc) is 3.32. The predicted molar refractivity (Wildman–Crippen MR) is 125 cm³/mol. The molecule has 1 N–H and O–H groups in total. The number of nitrogens with zero attached hydrogens (tertiary/aromatic N) is 3. The highest BCUT2D eigenvalue weighted by molar-refractivity contribution is 7.22. The molecule has 1 amide bonds. The van der Waals surface area contributed by atoms with E-state index < -0.39 is 17.7 Å². The Kier molecular flexibility index (Phi) is 5.00. The lowest BCUT2D eigenvalue weighted by atomic mass is 9.96. The summed E-state index contributed by atoms with van der Waals surface area (Å²) in [5.41, 5.74) is 2.74. The number of aliphatic hydroxyl groups is 1. The molecular formula is C24H16ClN3O3S. The Hall–Kier alpha value is -3.55. The summed E-state index contributed by atoms with van der Waals surface area (Å²) in [6.45, 7) is 1.93. The molecule has 1 aliphatic rings. The van der Waals surface area contributed by atoms with Gasteiger partial charge in [-0.2, -0.15) is 0 Å². The molecule has 0 spiro atoms. The first-order valence-electron chi connectivity index (χ1n) is 9.78. The molecule has 4 aromatic rings. The topological polar surface area (TPSA) is 83.4 Å². The van der Waals surface area contributed by atoms with Crippen LogP contribution < -0.4 is 4.90 Å². The molecule has 5 rings (SSSR count). The highest BCUT2D eigenvalue weighted by Gasteiger charge is 2.48. The third kappa shape index (κ3) is 3.36. The van der Waals surface area contributed by atoms with Crippen LogP contribution in [0.3, 0.4) is 0 Å². The monoisotopic (exact) mass is 461 g/mol. The van der Waals surface area contributed by atoms with Crippen LogP contribution in [0.5, 0.6) is 0 Å². The van der Waals surface area contributed by atoms with Gasteiger partial charge in [-0.3, -0.25) is 19.5 Å². The number of ketones is 1. The molecule has 1 fully saturated rings. The molecular weight excluding hydrogens is 446 g/mol. The minimum Gasteiger partial charge on any atom is -0.507 e. The van der Waals surface area contributed by atoms with Crippen molar-refractivity contribution in [1.29, 1.82) is 0 Å². The number of hydrogen-bond donors (Lipinski definition) is 1. The molecule has 32 heavy (non-hydrogen) atoms. The molecule has 3 heterocycles. The zero-order chi connectivity index (χ0) is 22.4. The fraction of sp³-hybridized carbons (Fsp3) is 0.0833. The normalized spacial score (nSPS) is 17.9. The SMILES string of the molecule is Cc1ccc(/C(O)=C2\C(=O)C(=O)N(c3nc4ccc(Cl)cc4s3)C2c2cccnc2)cc1. The van der Waals surface area contributed by atoms with Crippen LogP contribution in [0.4, 0.5) is 5.13 Å². The van der Waals surface area contributed by atoms with Crippen molar-refractivity contribution < 1.29 is 14.7 Å². The summed E-state index contributed by atoms with van der Waals surface area (Å²) in [5, 5.41) is 12.0. The average molecular weight is 462 g/mol. The summed E-state index contributed by atoms with van der Waals surface area (Å²) in [5.74, 6) is -1.75. The smallest absolute Gasteiger partial charge is 0.301 e. The van der Waals surface area contributed by atoms with Crippen LogP contribution in [-0.4, -0.2) is 26.8 Å². The first-order valence-corrected chi connectivity index (χ1v) is 11.0. The maximum absolute atomic E-state index is 13.2. The van der Waals surface area contributed by atoms with E-state index in [1.165, 1.54) is 16.2 Å². The van der Waals surface area contributed by atoms with E-state index in [4.69, 9.17) is 11.6 Å². The number of aliphatic hydroxyl groups excluding tert-OH is 1. The van der Waals surface area contributed by atoms with Crippen LogP contribution in [0.25, 0.3) is 16.0 Å². The lowest BCUT2D eigenvalue weighted by molar-refractivity contribution is -0.132. The first-order chi connectivity index (χ1) is 15.4. The van der Waals surface area contributed by atoms with E-state index in [1.807, 2.05) is 19.1 Å². The van der Waals surface area contributed by atoms with Crippen LogP contribution in [0.15, 0.2) is 72.6 Å². The van der Waals surface area contributed by atoms with Crippen molar-refractivity contribution in [3.8, 4) is 0 Å². The number of aromatic nitrogens is 2. The number of Topliss-reactive ketones (excluding diaryl/α,β-unsaturated/α-hetero) is 1. The van der Waals surface area contributed by atoms with Crippen molar-refractivity contribution in [3.63, 3.8) is 0 Å². The van der Waals surface area contributed by atoms with E-state index in [0.717, 1.165) is 10.3 Å². The number of pyridine rings is 1. The van der Waals surface area contributed by atoms with Crippen LogP contribution >= 0.6 is 22.9 Å². The predicted octanol–water partition coefficient (Wildman–Crippen LogP) is 5.28. The Labute approximate surface area is 192 Å². The zero-order valence-corrected chi connectivity index (χ0v) is 18.4. The number of amides is 1. The van der Waals surface area contributed by atoms with Gasteiger partial charge in [0, 0.05) is 23.0 Å². The molecule has 158 valence electrons. The van der Waals surface area contributed by atoms with E-state index in [0.29, 0.717) is 26.8 Å². The Bertz CT molecular complexity index is 1400. The van der Waals surface area contributed by atoms with Crippen LogP contribution in [-0.2, 0) is 9.59 Å². The van der Waals surface area contributed by atoms with Crippen molar-refractivity contribution in [2.24, 2.45) is 0 Å². The van der Waals surface area contributed by atoms with E-state index in [2.05, 4.69) is 9.97 Å². The molecule has 0 aliphatic carbocycles. The van der Waals surface area contributed by atoms with Gasteiger partial charge in [0.25, 0.3) is 5.78 Å². The molecule has 1 unspecified atom stereocenters. The molecule has 2 aromatic heterocycles. The maximum atomic E-state index is 13.2. The summed E-state index contributed by atoms with van der Waals surface area (Å²) >= 11 is 7.36. The molecule has 6 nitrogen and oxygen atoms in total. The molecule has 0 saturated carbocycles. The highest BCUT2D eigenvalue weighted by atomic mass is 35.5. The van der Waals surface area contributed by atoms with E-state index in [-0.39, 0.29) is 11.3 Å². The lowest BCUT2D eigenvalue weighted by Crippen LogP contribution is -2.29. The summed E-state index contributed by atoms with van der Waals surface area (Å²) in [7, 11) is 0. The summed E-state index contributed by atoms with van der Waals surface area (Å²) in [6, 6.07) is 15.0. The summed E-state index contributed by atoms with van der Waals surface area (Å²) in [6.07, 6.45) is 3.19. The number of benzene rings is 2. The second kappa shape index (κ2) is 7.85. The van der Waals surface area contributed by atoms with E-state index >= 15 is 0 Å². The van der Waals surface area contributed by atoms with Crippen molar-refractivity contribution in [3.05, 3.63) is 94.3 Å². The second-order valence-electron chi connectivity index (χ2n) is 7.43. The van der Waals surface area contributed by atoms with Crippen LogP contribution in [0, 0.1) is 6.92 Å². The molecule has 1 aliphatic heterocycles. The van der Waals surface area contributed by atoms with Crippen LogP contribution in [0.1, 0.15) is 22.7 Å². The molecule has 2 aromatic carbocycles. The standard InChI is InChI=1S/C24H16ClN3O3S/c1-13-4-6-14(7-5-13)21(29)19-20(15-3-2-10-26-12-15)28(23(31)22(19)30)24-27-17-9-8-16(25)11-18(17)32-24/h2-12,20,29H,1H3/b21-19+. The van der Waals surface area contributed by atoms with E-state index in [9.17, 15) is 14.7 Å². The Morgan fingerprint density at radius 2 is 1.91 bits per heavy atom. The van der Waals surface area contributed by atoms with Crippen molar-refractivity contribution in [1.82, 2.24) is 9.97 Å². The number of aryl methyl sites for hydroxylation is 1. The van der Waals surface area contributed by atoms with Gasteiger partial charge in [-0.1, -0.05) is 58.8 Å². The molecule has 0 radical (unpaired) electrons. The molecule has 1 atom stereocenters. The zero-order valence-electron chi connectivity index (χ0n) is 16.8. The highest BCUT2D eigenvalue weighted by Crippen LogP contribution is 2.44. The third-order valence-corrected chi connectivity index (χ3v) is 6.57. The number of carbonyl (C=O) groups is 2. The fourth-order valence-electron chi connectivity index (χ4n) is 3.74. The van der Waals surface area contributed by atoms with E-state index in [1.54, 1.807) is 54.9 Å². The Balaban J connectivity index is 1.72. The van der Waals surface area contributed by atoms with Gasteiger partial charge >= 0.3 is 5.91 Å². The number of hydrogen-bond acceptors (Lipinski definition) is 6. The number of rotatable bonds is 3. The van der Waals surface area contributed by atoms with Crippen LogP contribution in [0.2, 0.25) is 5.02 Å². The van der Waals surface area contributed by atoms with Crippen molar-refractivity contribution in [2.45, 2.75) is 13.0 Å². The summed E-state index contributed by atoms with van der Waals surface area (Å²) < 4.78 is 0.790. The number of thiazole rings is 1.